The van der Waals surface area contributed by atoms with Crippen molar-refractivity contribution in [2.75, 3.05) is 40.5 Å². The first-order valence-corrected chi connectivity index (χ1v) is 12.4. The summed E-state index contributed by atoms with van der Waals surface area (Å²) in [6.07, 6.45) is 3.76. The topological polar surface area (TPSA) is 99.2 Å². The fourth-order valence-electron chi connectivity index (χ4n) is 3.82. The second-order valence-corrected chi connectivity index (χ2v) is 9.69. The minimum atomic E-state index is -5.92. The molecule has 0 unspecified atom stereocenters. The lowest BCUT2D eigenvalue weighted by atomic mass is 9.82. The fourth-order valence-corrected chi connectivity index (χ4v) is 4.34. The predicted molar refractivity (Wildman–Crippen MR) is 117 cm³/mol. The Kier molecular flexibility index (Phi) is 10.3. The van der Waals surface area contributed by atoms with Crippen molar-refractivity contribution in [3.63, 3.8) is 0 Å². The first kappa shape index (κ1) is 28.1. The Morgan fingerprint density at radius 2 is 1.79 bits per heavy atom. The second-order valence-electron chi connectivity index (χ2n) is 8.15. The van der Waals surface area contributed by atoms with Crippen molar-refractivity contribution in [2.24, 2.45) is 0 Å². The van der Waals surface area contributed by atoms with Gasteiger partial charge in [-0.25, -0.2) is 4.79 Å². The summed E-state index contributed by atoms with van der Waals surface area (Å²) in [5.41, 5.74) is -5.54. The van der Waals surface area contributed by atoms with Crippen LogP contribution in [0.2, 0.25) is 0 Å². The Bertz CT molecular complexity index is 939. The van der Waals surface area contributed by atoms with E-state index in [1.54, 1.807) is 0 Å². The van der Waals surface area contributed by atoms with Crippen LogP contribution in [0, 0.1) is 0 Å². The summed E-state index contributed by atoms with van der Waals surface area (Å²) in [6.45, 7) is 4.02. The van der Waals surface area contributed by atoms with Crippen LogP contribution in [0.1, 0.15) is 59.5 Å². The van der Waals surface area contributed by atoms with Gasteiger partial charge in [-0.2, -0.15) is 21.6 Å². The van der Waals surface area contributed by atoms with Crippen molar-refractivity contribution in [3.8, 4) is 5.75 Å². The molecule has 8 nitrogen and oxygen atoms in total. The van der Waals surface area contributed by atoms with Crippen molar-refractivity contribution in [2.45, 2.75) is 50.0 Å². The van der Waals surface area contributed by atoms with Gasteiger partial charge in [-0.15, -0.1) is 0 Å². The third kappa shape index (κ3) is 7.67. The summed E-state index contributed by atoms with van der Waals surface area (Å²) in [6, 6.07) is 2.41. The Hall–Kier alpha value is -2.18. The number of methoxy groups -OCH3 is 1. The van der Waals surface area contributed by atoms with Crippen LogP contribution in [0.25, 0.3) is 0 Å². The molecular weight excluding hydrogens is 479 g/mol. The first-order valence-electron chi connectivity index (χ1n) is 11.0. The predicted octanol–water partition coefficient (Wildman–Crippen LogP) is 3.44. The van der Waals surface area contributed by atoms with Crippen LogP contribution in [-0.2, 0) is 30.8 Å². The highest BCUT2D eigenvalue weighted by Crippen LogP contribution is 2.42. The maximum atomic E-state index is 12.8. The SMILES string of the molecule is CN1CCOCC1.COC(=O)c1cc(CC=O)c(OS(=O)(=O)C(F)(F)F)c(C2CCCCC2)c1. The van der Waals surface area contributed by atoms with Gasteiger partial charge >= 0.3 is 21.6 Å². The number of carbonyl (C=O) groups is 2. The number of esters is 1. The molecule has 0 aromatic heterocycles. The Morgan fingerprint density at radius 3 is 2.26 bits per heavy atom. The van der Waals surface area contributed by atoms with Crippen molar-refractivity contribution >= 4 is 22.4 Å². The van der Waals surface area contributed by atoms with Crippen LogP contribution < -0.4 is 4.18 Å². The summed E-state index contributed by atoms with van der Waals surface area (Å²) in [5.74, 6) is -1.56. The third-order valence-corrected chi connectivity index (χ3v) is 6.63. The molecule has 1 aromatic carbocycles. The lowest BCUT2D eigenvalue weighted by Gasteiger charge is -2.26. The van der Waals surface area contributed by atoms with E-state index in [-0.39, 0.29) is 22.6 Å². The van der Waals surface area contributed by atoms with E-state index in [0.29, 0.717) is 19.1 Å². The number of benzene rings is 1. The summed E-state index contributed by atoms with van der Waals surface area (Å²) >= 11 is 0. The Balaban J connectivity index is 0.000000497. The molecule has 0 N–H and O–H groups in total. The molecule has 1 aliphatic carbocycles. The van der Waals surface area contributed by atoms with Crippen molar-refractivity contribution < 1.29 is 44.8 Å². The molecule has 1 saturated heterocycles. The van der Waals surface area contributed by atoms with Crippen LogP contribution in [-0.4, -0.2) is 71.5 Å². The Morgan fingerprint density at radius 1 is 1.18 bits per heavy atom. The molecule has 1 heterocycles. The molecule has 2 aliphatic rings. The summed E-state index contributed by atoms with van der Waals surface area (Å²) in [4.78, 5) is 25.2. The van der Waals surface area contributed by atoms with Gasteiger partial charge in [-0.1, -0.05) is 19.3 Å². The number of aldehydes is 1. The monoisotopic (exact) mass is 509 g/mol. The number of carbonyl (C=O) groups excluding carboxylic acids is 2. The van der Waals surface area contributed by atoms with Gasteiger partial charge in [-0.05, 0) is 37.9 Å². The Labute approximate surface area is 197 Å². The summed E-state index contributed by atoms with van der Waals surface area (Å²) < 4.78 is 75.7. The van der Waals surface area contributed by atoms with E-state index >= 15 is 0 Å². The molecule has 2 fully saturated rings. The lowest BCUT2D eigenvalue weighted by Crippen LogP contribution is -2.32. The van der Waals surface area contributed by atoms with Crippen molar-refractivity contribution in [1.29, 1.82) is 0 Å². The maximum Gasteiger partial charge on any atom is 0.534 e. The molecule has 1 aliphatic heterocycles. The highest BCUT2D eigenvalue weighted by atomic mass is 32.2. The van der Waals surface area contributed by atoms with Crippen LogP contribution in [0.15, 0.2) is 12.1 Å². The van der Waals surface area contributed by atoms with Crippen LogP contribution in [0.3, 0.4) is 0 Å². The molecule has 0 bridgehead atoms. The van der Waals surface area contributed by atoms with Gasteiger partial charge in [0.25, 0.3) is 0 Å². The molecule has 34 heavy (non-hydrogen) atoms. The molecule has 0 atom stereocenters. The van der Waals surface area contributed by atoms with E-state index in [9.17, 15) is 31.2 Å². The van der Waals surface area contributed by atoms with E-state index in [1.165, 1.54) is 6.07 Å². The van der Waals surface area contributed by atoms with Gasteiger partial charge in [0.1, 0.15) is 12.0 Å². The minimum Gasteiger partial charge on any atom is -0.465 e. The molecule has 1 aromatic rings. The van der Waals surface area contributed by atoms with E-state index in [0.717, 1.165) is 58.7 Å². The van der Waals surface area contributed by atoms with Crippen LogP contribution in [0.4, 0.5) is 13.2 Å². The largest absolute Gasteiger partial charge is 0.534 e. The van der Waals surface area contributed by atoms with Gasteiger partial charge in [-0.3, -0.25) is 0 Å². The molecular formula is C22H30F3NO7S. The van der Waals surface area contributed by atoms with Crippen molar-refractivity contribution in [3.05, 3.63) is 28.8 Å². The number of rotatable bonds is 6. The zero-order valence-corrected chi connectivity index (χ0v) is 20.0. The van der Waals surface area contributed by atoms with Crippen LogP contribution >= 0.6 is 0 Å². The smallest absolute Gasteiger partial charge is 0.465 e. The van der Waals surface area contributed by atoms with E-state index in [1.807, 2.05) is 0 Å². The zero-order valence-electron chi connectivity index (χ0n) is 19.2. The van der Waals surface area contributed by atoms with Gasteiger partial charge in [0.2, 0.25) is 0 Å². The van der Waals surface area contributed by atoms with Crippen LogP contribution in [0.5, 0.6) is 5.75 Å². The van der Waals surface area contributed by atoms with Gasteiger partial charge in [0.05, 0.1) is 25.9 Å². The standard InChI is InChI=1S/C17H19F3O6S.C5H11NO/c1-25-16(22)13-9-12(7-8-21)15(26-27(23,24)17(18,19)20)14(10-13)11-5-3-2-4-6-11;1-6-2-4-7-5-3-6/h8-11H,2-7H2,1H3;2-5H2,1H3. The highest BCUT2D eigenvalue weighted by molar-refractivity contribution is 7.88. The third-order valence-electron chi connectivity index (χ3n) is 5.68. The minimum absolute atomic E-state index is 0.0201. The quantitative estimate of drug-likeness (QED) is 0.249. The number of hydrogen-bond donors (Lipinski definition) is 0. The number of ether oxygens (including phenoxy) is 2. The average Bonchev–Trinajstić information content (AvgIpc) is 2.80. The number of halogens is 3. The number of morpholine rings is 1. The number of hydrogen-bond acceptors (Lipinski definition) is 8. The lowest BCUT2D eigenvalue weighted by molar-refractivity contribution is -0.107. The number of nitrogens with zero attached hydrogens (tertiary/aromatic N) is 1. The number of likely N-dealkylation sites (N-methyl/N-ethyl adjacent to an activating group) is 1. The average molecular weight is 510 g/mol. The van der Waals surface area contributed by atoms with Gasteiger partial charge in [0.15, 0.2) is 0 Å². The molecule has 0 radical (unpaired) electrons. The molecule has 192 valence electrons. The molecule has 0 amide bonds. The first-order chi connectivity index (χ1) is 16.0. The fraction of sp³-hybridized carbons (Fsp3) is 0.636. The zero-order chi connectivity index (χ0) is 25.4. The normalized spacial score (nSPS) is 17.9. The summed E-state index contributed by atoms with van der Waals surface area (Å²) in [5, 5.41) is 0. The molecule has 1 saturated carbocycles. The van der Waals surface area contributed by atoms with Crippen molar-refractivity contribution in [1.82, 2.24) is 4.90 Å². The second kappa shape index (κ2) is 12.5. The van der Waals surface area contributed by atoms with E-state index < -0.39 is 33.8 Å². The van der Waals surface area contributed by atoms with E-state index in [4.69, 9.17) is 4.74 Å². The molecule has 3 rings (SSSR count). The molecule has 12 heteroatoms. The summed E-state index contributed by atoms with van der Waals surface area (Å²) in [7, 11) is -2.67. The number of alkyl halides is 3. The van der Waals surface area contributed by atoms with E-state index in [2.05, 4.69) is 20.9 Å². The van der Waals surface area contributed by atoms with Gasteiger partial charge in [0, 0.05) is 30.6 Å². The molecule has 0 spiro atoms. The maximum absolute atomic E-state index is 12.8. The highest BCUT2D eigenvalue weighted by Gasteiger charge is 2.49. The van der Waals surface area contributed by atoms with Gasteiger partial charge < -0.3 is 23.4 Å².